The van der Waals surface area contributed by atoms with Crippen molar-refractivity contribution >= 4 is 52.2 Å². The van der Waals surface area contributed by atoms with Crippen molar-refractivity contribution in [3.05, 3.63) is 75.3 Å². The molecule has 0 bridgehead atoms. The normalized spacial score (nSPS) is 15.0. The molecule has 1 aromatic heterocycles. The maximum absolute atomic E-state index is 12.7. The van der Waals surface area contributed by atoms with Crippen molar-refractivity contribution in [1.29, 1.82) is 0 Å². The first-order valence-electron chi connectivity index (χ1n) is 9.52. The van der Waals surface area contributed by atoms with Gasteiger partial charge in [0.25, 0.3) is 11.1 Å². The van der Waals surface area contributed by atoms with Gasteiger partial charge in [0.05, 0.1) is 28.6 Å². The fraction of sp³-hybridized carbons (Fsp3) is 0.130. The molecule has 2 amide bonds. The zero-order chi connectivity index (χ0) is 22.7. The van der Waals surface area contributed by atoms with Crippen LogP contribution in [0.3, 0.4) is 0 Å². The van der Waals surface area contributed by atoms with Crippen LogP contribution in [0.5, 0.6) is 11.5 Å². The second-order valence-electron chi connectivity index (χ2n) is 6.66. The summed E-state index contributed by atoms with van der Waals surface area (Å²) in [6.07, 6.45) is 1.55. The lowest BCUT2D eigenvalue weighted by Gasteiger charge is -2.14. The van der Waals surface area contributed by atoms with Gasteiger partial charge in [0.2, 0.25) is 0 Å². The number of benzene rings is 2. The predicted molar refractivity (Wildman–Crippen MR) is 125 cm³/mol. The summed E-state index contributed by atoms with van der Waals surface area (Å²) in [4.78, 5) is 26.5. The number of amides is 2. The van der Waals surface area contributed by atoms with Crippen molar-refractivity contribution in [3.63, 3.8) is 0 Å². The van der Waals surface area contributed by atoms with Crippen LogP contribution in [-0.2, 0) is 4.79 Å². The Kier molecular flexibility index (Phi) is 6.79. The van der Waals surface area contributed by atoms with Crippen LogP contribution >= 0.6 is 35.0 Å². The standard InChI is InChI=1S/C23H17Cl2NO5S/c1-29-19-4-2-3-5-20(19)30-11-10-26-22(27)21(32-23(26)28)13-15-7-9-18(31-15)14-6-8-16(24)17(25)12-14/h2-9,12-13H,10-11H2,1H3/b21-13-. The molecule has 4 rings (SSSR count). The van der Waals surface area contributed by atoms with E-state index in [0.717, 1.165) is 22.2 Å². The van der Waals surface area contributed by atoms with Gasteiger partial charge in [-0.15, -0.1) is 0 Å². The van der Waals surface area contributed by atoms with E-state index in [9.17, 15) is 9.59 Å². The number of furan rings is 1. The molecular formula is C23H17Cl2NO5S. The highest BCUT2D eigenvalue weighted by molar-refractivity contribution is 8.18. The minimum Gasteiger partial charge on any atom is -0.493 e. The fourth-order valence-corrected chi connectivity index (χ4v) is 4.19. The molecule has 3 aromatic rings. The van der Waals surface area contributed by atoms with Gasteiger partial charge >= 0.3 is 0 Å². The van der Waals surface area contributed by atoms with Gasteiger partial charge in [-0.2, -0.15) is 0 Å². The highest BCUT2D eigenvalue weighted by Crippen LogP contribution is 2.34. The average Bonchev–Trinajstić information content (AvgIpc) is 3.36. The molecule has 1 aliphatic heterocycles. The molecule has 0 spiro atoms. The van der Waals surface area contributed by atoms with E-state index < -0.39 is 5.91 Å². The molecule has 1 aliphatic rings. The predicted octanol–water partition coefficient (Wildman–Crippen LogP) is 6.38. The van der Waals surface area contributed by atoms with E-state index in [1.807, 2.05) is 12.1 Å². The molecule has 0 radical (unpaired) electrons. The first kappa shape index (κ1) is 22.3. The van der Waals surface area contributed by atoms with Crippen LogP contribution < -0.4 is 9.47 Å². The van der Waals surface area contributed by atoms with E-state index in [-0.39, 0.29) is 23.3 Å². The SMILES string of the molecule is COc1ccccc1OCCN1C(=O)S/C(=C\c2ccc(-c3ccc(Cl)c(Cl)c3)o2)C1=O. The van der Waals surface area contributed by atoms with E-state index in [0.29, 0.717) is 33.1 Å². The van der Waals surface area contributed by atoms with Crippen LogP contribution in [0.25, 0.3) is 17.4 Å². The number of imide groups is 1. The van der Waals surface area contributed by atoms with Crippen molar-refractivity contribution in [2.24, 2.45) is 0 Å². The Morgan fingerprint density at radius 3 is 2.56 bits per heavy atom. The molecule has 1 fully saturated rings. The summed E-state index contributed by atoms with van der Waals surface area (Å²) in [5.74, 6) is 1.75. The van der Waals surface area contributed by atoms with Crippen LogP contribution in [0, 0.1) is 0 Å². The molecular weight excluding hydrogens is 473 g/mol. The molecule has 0 saturated carbocycles. The lowest BCUT2D eigenvalue weighted by Crippen LogP contribution is -2.32. The number of thioether (sulfide) groups is 1. The van der Waals surface area contributed by atoms with E-state index in [1.54, 1.807) is 55.7 Å². The number of halogens is 2. The highest BCUT2D eigenvalue weighted by Gasteiger charge is 2.35. The molecule has 2 heterocycles. The van der Waals surface area contributed by atoms with Crippen molar-refractivity contribution < 1.29 is 23.5 Å². The summed E-state index contributed by atoms with van der Waals surface area (Å²) in [7, 11) is 1.55. The molecule has 32 heavy (non-hydrogen) atoms. The molecule has 9 heteroatoms. The van der Waals surface area contributed by atoms with Gasteiger partial charge in [-0.05, 0) is 54.2 Å². The second kappa shape index (κ2) is 9.73. The molecule has 1 saturated heterocycles. The van der Waals surface area contributed by atoms with Gasteiger partial charge < -0.3 is 13.9 Å². The van der Waals surface area contributed by atoms with Crippen LogP contribution in [0.15, 0.2) is 63.9 Å². The molecule has 0 atom stereocenters. The number of hydrogen-bond donors (Lipinski definition) is 0. The molecule has 0 N–H and O–H groups in total. The minimum absolute atomic E-state index is 0.118. The van der Waals surface area contributed by atoms with Crippen LogP contribution in [-0.4, -0.2) is 36.3 Å². The Bertz CT molecular complexity index is 1210. The number of methoxy groups -OCH3 is 1. The number of rotatable bonds is 7. The second-order valence-corrected chi connectivity index (χ2v) is 8.47. The zero-order valence-electron chi connectivity index (χ0n) is 16.8. The van der Waals surface area contributed by atoms with Crippen molar-refractivity contribution in [2.45, 2.75) is 0 Å². The maximum atomic E-state index is 12.7. The van der Waals surface area contributed by atoms with Gasteiger partial charge in [0, 0.05) is 11.6 Å². The number of nitrogens with zero attached hydrogens (tertiary/aromatic N) is 1. The number of carbonyl (C=O) groups is 2. The van der Waals surface area contributed by atoms with E-state index >= 15 is 0 Å². The van der Waals surface area contributed by atoms with E-state index in [1.165, 1.54) is 0 Å². The molecule has 6 nitrogen and oxygen atoms in total. The number of hydrogen-bond acceptors (Lipinski definition) is 6. The third-order valence-corrected chi connectivity index (χ3v) is 6.27. The van der Waals surface area contributed by atoms with Crippen molar-refractivity contribution in [3.8, 4) is 22.8 Å². The summed E-state index contributed by atoms with van der Waals surface area (Å²) in [5.41, 5.74) is 0.751. The Labute approximate surface area is 198 Å². The van der Waals surface area contributed by atoms with E-state index in [4.69, 9.17) is 37.1 Å². The smallest absolute Gasteiger partial charge is 0.293 e. The molecule has 0 unspecified atom stereocenters. The Hall–Kier alpha value is -2.87. The Balaban J connectivity index is 1.42. The summed E-state index contributed by atoms with van der Waals surface area (Å²) < 4.78 is 16.7. The van der Waals surface area contributed by atoms with Crippen LogP contribution in [0.1, 0.15) is 5.76 Å². The van der Waals surface area contributed by atoms with Gasteiger partial charge in [-0.1, -0.05) is 35.3 Å². The zero-order valence-corrected chi connectivity index (χ0v) is 19.2. The van der Waals surface area contributed by atoms with E-state index in [2.05, 4.69) is 0 Å². The van der Waals surface area contributed by atoms with Crippen LogP contribution in [0.2, 0.25) is 10.0 Å². The van der Waals surface area contributed by atoms with Gasteiger partial charge in [-0.3, -0.25) is 14.5 Å². The van der Waals surface area contributed by atoms with Gasteiger partial charge in [0.15, 0.2) is 11.5 Å². The minimum atomic E-state index is -0.392. The lowest BCUT2D eigenvalue weighted by molar-refractivity contribution is -0.123. The Morgan fingerprint density at radius 2 is 1.81 bits per heavy atom. The van der Waals surface area contributed by atoms with Gasteiger partial charge in [-0.25, -0.2) is 0 Å². The lowest BCUT2D eigenvalue weighted by atomic mass is 10.2. The fourth-order valence-electron chi connectivity index (χ4n) is 3.04. The summed E-state index contributed by atoms with van der Waals surface area (Å²) in [6.45, 7) is 0.265. The third kappa shape index (κ3) is 4.80. The quantitative estimate of drug-likeness (QED) is 0.358. The van der Waals surface area contributed by atoms with Crippen LogP contribution in [0.4, 0.5) is 4.79 Å². The first-order valence-corrected chi connectivity index (χ1v) is 11.1. The summed E-state index contributed by atoms with van der Waals surface area (Å²) in [5, 5.41) is 0.505. The largest absolute Gasteiger partial charge is 0.493 e. The third-order valence-electron chi connectivity index (χ3n) is 4.62. The monoisotopic (exact) mass is 489 g/mol. The summed E-state index contributed by atoms with van der Waals surface area (Å²) in [6, 6.07) is 15.8. The number of carbonyl (C=O) groups excluding carboxylic acids is 2. The average molecular weight is 490 g/mol. The van der Waals surface area contributed by atoms with Gasteiger partial charge in [0.1, 0.15) is 18.1 Å². The first-order chi connectivity index (χ1) is 15.5. The molecule has 0 aliphatic carbocycles. The van der Waals surface area contributed by atoms with Crippen molar-refractivity contribution in [2.75, 3.05) is 20.3 Å². The topological polar surface area (TPSA) is 69.0 Å². The number of para-hydroxylation sites is 2. The Morgan fingerprint density at radius 1 is 1.03 bits per heavy atom. The highest BCUT2D eigenvalue weighted by atomic mass is 35.5. The van der Waals surface area contributed by atoms with Crippen molar-refractivity contribution in [1.82, 2.24) is 4.90 Å². The summed E-state index contributed by atoms with van der Waals surface area (Å²) >= 11 is 12.9. The molecule has 2 aromatic carbocycles. The maximum Gasteiger partial charge on any atom is 0.293 e. The number of ether oxygens (including phenoxy) is 2. The molecule has 164 valence electrons.